The van der Waals surface area contributed by atoms with E-state index in [9.17, 15) is 24.4 Å². The molecule has 60 heavy (non-hydrogen) atoms. The summed E-state index contributed by atoms with van der Waals surface area (Å²) in [7, 11) is 0. The second kappa shape index (κ2) is 18.6. The minimum Gasteiger partial charge on any atom is -0.606 e. The van der Waals surface area contributed by atoms with Gasteiger partial charge in [0.2, 0.25) is 11.9 Å². The average Bonchev–Trinajstić information content (AvgIpc) is 3.45. The van der Waals surface area contributed by atoms with Crippen LogP contribution in [-0.4, -0.2) is 40.7 Å². The fourth-order valence-corrected chi connectivity index (χ4v) is 7.28. The molecule has 11 nitrogen and oxygen atoms in total. The van der Waals surface area contributed by atoms with E-state index in [1.807, 2.05) is 43.3 Å². The van der Waals surface area contributed by atoms with E-state index < -0.39 is 52.2 Å². The number of ether oxygens (including phenoxy) is 1. The Morgan fingerprint density at radius 3 is 2.00 bits per heavy atom. The zero-order valence-electron chi connectivity index (χ0n) is 36.5. The largest absolute Gasteiger partial charge is 0.606 e. The molecule has 0 radical (unpaired) electrons. The number of carbonyl (C=O) groups excluding carboxylic acids is 4. The number of hydroxylamine groups is 1. The summed E-state index contributed by atoms with van der Waals surface area (Å²) in [6.45, 7) is 19.9. The Kier molecular flexibility index (Phi) is 14.2. The van der Waals surface area contributed by atoms with Crippen molar-refractivity contribution in [2.24, 2.45) is 11.3 Å². The summed E-state index contributed by atoms with van der Waals surface area (Å²) in [6.07, 6.45) is 1.35. The van der Waals surface area contributed by atoms with Crippen molar-refractivity contribution in [3.8, 4) is 5.75 Å². The maximum absolute atomic E-state index is 14.4. The molecule has 4 unspecified atom stereocenters. The molecule has 1 heterocycles. The molecule has 1 aliphatic rings. The van der Waals surface area contributed by atoms with E-state index in [0.717, 1.165) is 24.0 Å². The molecule has 0 aliphatic carbocycles. The van der Waals surface area contributed by atoms with E-state index in [1.165, 1.54) is 27.8 Å². The van der Waals surface area contributed by atoms with Gasteiger partial charge in [-0.2, -0.15) is 5.01 Å². The van der Waals surface area contributed by atoms with Gasteiger partial charge in [0.05, 0.1) is 17.3 Å². The topological polar surface area (TPSA) is 136 Å². The van der Waals surface area contributed by atoms with Gasteiger partial charge >= 0.3 is 5.91 Å². The van der Waals surface area contributed by atoms with Crippen molar-refractivity contribution >= 4 is 52.2 Å². The number of nitrogens with one attached hydrogen (secondary N) is 3. The van der Waals surface area contributed by atoms with Crippen molar-refractivity contribution in [3.63, 3.8) is 0 Å². The molecule has 5 rings (SSSR count). The van der Waals surface area contributed by atoms with Crippen LogP contribution in [0.25, 0.3) is 0 Å². The molecule has 0 spiro atoms. The van der Waals surface area contributed by atoms with Crippen molar-refractivity contribution in [3.05, 3.63) is 124 Å². The number of rotatable bonds is 16. The van der Waals surface area contributed by atoms with Crippen molar-refractivity contribution in [1.82, 2.24) is 5.01 Å². The van der Waals surface area contributed by atoms with Crippen molar-refractivity contribution in [2.45, 2.75) is 118 Å². The number of carbonyl (C=O) groups is 4. The van der Waals surface area contributed by atoms with Gasteiger partial charge in [-0.25, -0.2) is 5.17 Å². The smallest absolute Gasteiger partial charge is 0.307 e. The lowest BCUT2D eigenvalue weighted by molar-refractivity contribution is -0.875. The SMILES string of the molecule is CCC(Oc1ccc(C(C)(C)CC)cc1C(C)(C)CC)C(=O)Nc1ccc(Cl)c(NC(=O)C(C(=O)C(C)(C)C)C2C(=O)N(Cc3ccccc3)N(c3ccccc3)[NH+]2[O-])c1. The third kappa shape index (κ3) is 10.0. The number of anilines is 3. The molecule has 3 N–H and O–H groups in total. The van der Waals surface area contributed by atoms with E-state index in [4.69, 9.17) is 16.3 Å². The third-order valence-electron chi connectivity index (χ3n) is 11.7. The van der Waals surface area contributed by atoms with Crippen LogP contribution in [0.4, 0.5) is 17.1 Å². The van der Waals surface area contributed by atoms with Crippen LogP contribution in [-0.2, 0) is 36.6 Å². The van der Waals surface area contributed by atoms with Gasteiger partial charge in [-0.3, -0.25) is 19.2 Å². The highest BCUT2D eigenvalue weighted by Crippen LogP contribution is 2.39. The number of benzene rings is 4. The van der Waals surface area contributed by atoms with Gasteiger partial charge in [-0.1, -0.05) is 142 Å². The van der Waals surface area contributed by atoms with Crippen LogP contribution < -0.4 is 25.7 Å². The summed E-state index contributed by atoms with van der Waals surface area (Å²) >= 11 is 6.62. The van der Waals surface area contributed by atoms with Gasteiger partial charge in [0, 0.05) is 16.7 Å². The number of nitrogens with zero attached hydrogens (tertiary/aromatic N) is 2. The van der Waals surface area contributed by atoms with Gasteiger partial charge in [-0.15, -0.1) is 5.12 Å². The van der Waals surface area contributed by atoms with Gasteiger partial charge in [0.1, 0.15) is 11.4 Å². The number of hydrazine groups is 1. The van der Waals surface area contributed by atoms with E-state index >= 15 is 0 Å². The number of para-hydroxylation sites is 1. The van der Waals surface area contributed by atoms with E-state index in [1.54, 1.807) is 57.2 Å². The molecule has 1 saturated heterocycles. The first-order valence-electron chi connectivity index (χ1n) is 20.8. The summed E-state index contributed by atoms with van der Waals surface area (Å²) in [4.78, 5) is 56.9. The van der Waals surface area contributed by atoms with E-state index in [0.29, 0.717) is 23.5 Å². The number of quaternary nitrogens is 1. The highest BCUT2D eigenvalue weighted by Gasteiger charge is 2.56. The number of ketones is 1. The van der Waals surface area contributed by atoms with Gasteiger partial charge in [-0.05, 0) is 77.6 Å². The molecule has 320 valence electrons. The molecule has 0 aromatic heterocycles. The molecule has 4 aromatic rings. The summed E-state index contributed by atoms with van der Waals surface area (Å²) < 4.78 is 6.47. The second-order valence-corrected chi connectivity index (χ2v) is 18.2. The first-order chi connectivity index (χ1) is 28.2. The lowest BCUT2D eigenvalue weighted by atomic mass is 9.76. The number of hydrogen-bond donors (Lipinski definition) is 3. The number of Topliss-reactive ketones (excluding diaryl/α,β-unsaturated/α-hetero) is 1. The van der Waals surface area contributed by atoms with Crippen LogP contribution in [0.1, 0.15) is 105 Å². The van der Waals surface area contributed by atoms with Crippen molar-refractivity contribution in [2.75, 3.05) is 15.8 Å². The highest BCUT2D eigenvalue weighted by molar-refractivity contribution is 6.34. The Labute approximate surface area is 359 Å². The number of amides is 3. The molecule has 0 bridgehead atoms. The van der Waals surface area contributed by atoms with E-state index in [-0.39, 0.29) is 28.1 Å². The standard InChI is InChI=1S/C48H60ClN5O6/c1-11-38(60-39-27-24-32(47(7,8)12-2)28-35(39)48(9,10)13-3)43(56)50-33-25-26-36(49)37(29-33)51-44(57)40(42(55)46(4,5)6)41-45(58)52(30-31-20-16-14-17-21-31)53(54(41)59)34-22-18-15-19-23-34/h14-29,38,40-41,54H,11-13,30H2,1-10H3,(H,50,56)(H,51,57). The predicted molar refractivity (Wildman–Crippen MR) is 238 cm³/mol. The second-order valence-electron chi connectivity index (χ2n) is 17.8. The van der Waals surface area contributed by atoms with Crippen LogP contribution in [0.15, 0.2) is 97.1 Å². The summed E-state index contributed by atoms with van der Waals surface area (Å²) in [5.74, 6) is -3.63. The minimum absolute atomic E-state index is 0.0327. The highest BCUT2D eigenvalue weighted by atomic mass is 35.5. The van der Waals surface area contributed by atoms with Crippen LogP contribution in [0.2, 0.25) is 5.02 Å². The molecule has 4 atom stereocenters. The Morgan fingerprint density at radius 2 is 1.42 bits per heavy atom. The van der Waals surface area contributed by atoms with Crippen molar-refractivity contribution < 1.29 is 29.1 Å². The zero-order valence-corrected chi connectivity index (χ0v) is 37.3. The fraction of sp³-hybridized carbons (Fsp3) is 0.417. The zero-order chi connectivity index (χ0) is 44.2. The maximum atomic E-state index is 14.4. The lowest BCUT2D eigenvalue weighted by Crippen LogP contribution is -3.17. The van der Waals surface area contributed by atoms with E-state index in [2.05, 4.69) is 64.3 Å². The molecular formula is C48H60ClN5O6. The number of hydrogen-bond acceptors (Lipinski definition) is 7. The summed E-state index contributed by atoms with van der Waals surface area (Å²) in [5.41, 5.74) is 2.44. The van der Waals surface area contributed by atoms with Crippen molar-refractivity contribution in [1.29, 1.82) is 0 Å². The molecule has 12 heteroatoms. The van der Waals surface area contributed by atoms with Gasteiger partial charge < -0.3 is 20.6 Å². The van der Waals surface area contributed by atoms with Crippen LogP contribution >= 0.6 is 11.6 Å². The quantitative estimate of drug-likeness (QED) is 0.0759. The van der Waals surface area contributed by atoms with Crippen LogP contribution in [0, 0.1) is 16.5 Å². The first-order valence-corrected chi connectivity index (χ1v) is 21.1. The Bertz CT molecular complexity index is 2170. The first kappa shape index (κ1) is 45.8. The molecule has 3 amide bonds. The lowest BCUT2D eigenvalue weighted by Gasteiger charge is -2.35. The fourth-order valence-electron chi connectivity index (χ4n) is 7.11. The number of halogens is 1. The summed E-state index contributed by atoms with van der Waals surface area (Å²) in [5, 5.41) is 22.0. The minimum atomic E-state index is -1.71. The predicted octanol–water partition coefficient (Wildman–Crippen LogP) is 8.81. The summed E-state index contributed by atoms with van der Waals surface area (Å²) in [6, 6.07) is 27.0. The monoisotopic (exact) mass is 837 g/mol. The molecular weight excluding hydrogens is 778 g/mol. The Balaban J connectivity index is 1.43. The van der Waals surface area contributed by atoms with Gasteiger partial charge in [0.25, 0.3) is 5.91 Å². The Hall–Kier alpha value is -5.23. The van der Waals surface area contributed by atoms with Gasteiger partial charge in [0.15, 0.2) is 17.8 Å². The molecule has 1 aliphatic heterocycles. The van der Waals surface area contributed by atoms with Crippen LogP contribution in [0.3, 0.4) is 0 Å². The third-order valence-corrected chi connectivity index (χ3v) is 12.1. The molecule has 1 fully saturated rings. The average molecular weight is 838 g/mol. The maximum Gasteiger partial charge on any atom is 0.307 e. The normalized spacial score (nSPS) is 17.0. The Morgan fingerprint density at radius 1 is 0.800 bits per heavy atom. The molecule has 4 aromatic carbocycles. The molecule has 0 saturated carbocycles. The van der Waals surface area contributed by atoms with Crippen LogP contribution in [0.5, 0.6) is 5.75 Å².